The first kappa shape index (κ1) is 14.7. The molecule has 0 spiro atoms. The van der Waals surface area contributed by atoms with Gasteiger partial charge in [-0.1, -0.05) is 20.8 Å². The topological polar surface area (TPSA) is 55.0 Å². The molecule has 18 heavy (non-hydrogen) atoms. The second kappa shape index (κ2) is 5.12. The van der Waals surface area contributed by atoms with Gasteiger partial charge in [0, 0.05) is 23.6 Å². The third kappa shape index (κ3) is 2.92. The summed E-state index contributed by atoms with van der Waals surface area (Å²) in [6.07, 6.45) is 0. The zero-order chi connectivity index (χ0) is 14.1. The van der Waals surface area contributed by atoms with E-state index in [9.17, 15) is 0 Å². The fourth-order valence-corrected chi connectivity index (χ4v) is 1.90. The summed E-state index contributed by atoms with van der Waals surface area (Å²) < 4.78 is 0. The Kier molecular flexibility index (Phi) is 4.20. The van der Waals surface area contributed by atoms with Gasteiger partial charge in [-0.2, -0.15) is 0 Å². The Balaban J connectivity index is 3.39. The van der Waals surface area contributed by atoms with Crippen LogP contribution >= 0.6 is 0 Å². The minimum absolute atomic E-state index is 0.0903. The lowest BCUT2D eigenvalue weighted by Crippen LogP contribution is -2.33. The van der Waals surface area contributed by atoms with Crippen LogP contribution < -0.4 is 10.6 Å². The zero-order valence-electron chi connectivity index (χ0n) is 12.7. The van der Waals surface area contributed by atoms with Crippen molar-refractivity contribution in [2.24, 2.45) is 0 Å². The van der Waals surface area contributed by atoms with E-state index in [1.165, 1.54) is 0 Å². The Morgan fingerprint density at radius 3 is 2.17 bits per heavy atom. The fourth-order valence-electron chi connectivity index (χ4n) is 1.90. The normalized spacial score (nSPS) is 12.0. The fraction of sp³-hybridized carbons (Fsp3) is 0.714. The molecule has 0 saturated heterocycles. The quantitative estimate of drug-likeness (QED) is 0.896. The highest BCUT2D eigenvalue weighted by Crippen LogP contribution is 2.27. The second-order valence-electron chi connectivity index (χ2n) is 6.01. The number of hydrogen-bond donors (Lipinski definition) is 1. The molecule has 0 aliphatic rings. The summed E-state index contributed by atoms with van der Waals surface area (Å²) in [5, 5.41) is 0. The molecule has 4 heteroatoms. The van der Waals surface area contributed by atoms with Crippen LogP contribution in [0.15, 0.2) is 0 Å². The third-order valence-electron chi connectivity index (χ3n) is 3.06. The molecule has 0 saturated carbocycles. The van der Waals surface area contributed by atoms with E-state index in [1.54, 1.807) is 0 Å². The average Bonchev–Trinajstić information content (AvgIpc) is 2.22. The monoisotopic (exact) mass is 250 g/mol. The molecule has 1 aromatic heterocycles. The number of aromatic nitrogens is 2. The molecular weight excluding hydrogens is 224 g/mol. The van der Waals surface area contributed by atoms with Crippen LogP contribution in [0, 0.1) is 6.92 Å². The van der Waals surface area contributed by atoms with E-state index < -0.39 is 0 Å². The van der Waals surface area contributed by atoms with Crippen LogP contribution in [-0.4, -0.2) is 22.6 Å². The van der Waals surface area contributed by atoms with Crippen LogP contribution in [0.3, 0.4) is 0 Å². The molecule has 0 aromatic carbocycles. The molecule has 1 aromatic rings. The highest BCUT2D eigenvalue weighted by Gasteiger charge is 2.23. The average molecular weight is 250 g/mol. The van der Waals surface area contributed by atoms with Crippen molar-refractivity contribution in [2.75, 3.05) is 17.2 Å². The van der Waals surface area contributed by atoms with Crippen molar-refractivity contribution in [3.8, 4) is 0 Å². The molecule has 1 heterocycles. The molecule has 0 bridgehead atoms. The smallest absolute Gasteiger partial charge is 0.138 e. The number of nitrogens with zero attached hydrogens (tertiary/aromatic N) is 3. The van der Waals surface area contributed by atoms with Gasteiger partial charge in [0.05, 0.1) is 0 Å². The molecule has 4 nitrogen and oxygen atoms in total. The molecule has 0 atom stereocenters. The van der Waals surface area contributed by atoms with Crippen LogP contribution in [-0.2, 0) is 5.41 Å². The van der Waals surface area contributed by atoms with E-state index in [-0.39, 0.29) is 5.41 Å². The summed E-state index contributed by atoms with van der Waals surface area (Å²) in [6, 6.07) is 0.399. The Morgan fingerprint density at radius 1 is 1.22 bits per heavy atom. The maximum absolute atomic E-state index is 6.03. The number of nitrogens with two attached hydrogens (primary N) is 1. The number of hydrogen-bond acceptors (Lipinski definition) is 4. The highest BCUT2D eigenvalue weighted by molar-refractivity contribution is 5.57. The molecule has 0 unspecified atom stereocenters. The molecule has 0 radical (unpaired) electrons. The summed E-state index contributed by atoms with van der Waals surface area (Å²) >= 11 is 0. The number of nitrogen functional groups attached to an aromatic ring is 1. The minimum atomic E-state index is -0.0903. The van der Waals surface area contributed by atoms with Gasteiger partial charge in [0.15, 0.2) is 0 Å². The molecule has 102 valence electrons. The second-order valence-corrected chi connectivity index (χ2v) is 6.01. The standard InChI is InChI=1S/C14H26N4/c1-8-18(9(2)3)12-10(4)11(15)16-13(17-12)14(5,6)7/h9H,8H2,1-7H3,(H2,15,16,17). The molecule has 0 aliphatic heterocycles. The van der Waals surface area contributed by atoms with E-state index in [4.69, 9.17) is 10.7 Å². The molecule has 0 amide bonds. The summed E-state index contributed by atoms with van der Waals surface area (Å²) in [7, 11) is 0. The first-order chi connectivity index (χ1) is 8.18. The van der Waals surface area contributed by atoms with Crippen LogP contribution in [0.4, 0.5) is 11.6 Å². The van der Waals surface area contributed by atoms with Gasteiger partial charge in [0.25, 0.3) is 0 Å². The molecule has 0 fully saturated rings. The maximum Gasteiger partial charge on any atom is 0.138 e. The summed E-state index contributed by atoms with van der Waals surface area (Å²) in [5.74, 6) is 2.36. The Bertz CT molecular complexity index is 419. The van der Waals surface area contributed by atoms with E-state index in [2.05, 4.69) is 51.4 Å². The van der Waals surface area contributed by atoms with Crippen LogP contribution in [0.25, 0.3) is 0 Å². The van der Waals surface area contributed by atoms with Gasteiger partial charge in [0.1, 0.15) is 17.5 Å². The summed E-state index contributed by atoms with van der Waals surface area (Å²) in [6.45, 7) is 15.7. The van der Waals surface area contributed by atoms with Crippen molar-refractivity contribution in [2.45, 2.75) is 59.9 Å². The maximum atomic E-state index is 6.03. The van der Waals surface area contributed by atoms with Crippen molar-refractivity contribution in [3.05, 3.63) is 11.4 Å². The van der Waals surface area contributed by atoms with Crippen LogP contribution in [0.5, 0.6) is 0 Å². The van der Waals surface area contributed by atoms with E-state index >= 15 is 0 Å². The SMILES string of the molecule is CCN(c1nc(C(C)(C)C)nc(N)c1C)C(C)C. The molecule has 2 N–H and O–H groups in total. The lowest BCUT2D eigenvalue weighted by atomic mass is 9.95. The van der Waals surface area contributed by atoms with Crippen molar-refractivity contribution in [3.63, 3.8) is 0 Å². The largest absolute Gasteiger partial charge is 0.383 e. The first-order valence-electron chi connectivity index (χ1n) is 6.59. The number of rotatable bonds is 3. The Hall–Kier alpha value is -1.32. The zero-order valence-corrected chi connectivity index (χ0v) is 12.7. The Labute approximate surface area is 111 Å². The Morgan fingerprint density at radius 2 is 1.78 bits per heavy atom. The lowest BCUT2D eigenvalue weighted by Gasteiger charge is -2.29. The summed E-state index contributed by atoms with van der Waals surface area (Å²) in [4.78, 5) is 11.4. The lowest BCUT2D eigenvalue weighted by molar-refractivity contribution is 0.542. The van der Waals surface area contributed by atoms with Crippen LogP contribution in [0.2, 0.25) is 0 Å². The first-order valence-corrected chi connectivity index (χ1v) is 6.59. The number of anilines is 2. The van der Waals surface area contributed by atoms with Crippen molar-refractivity contribution < 1.29 is 0 Å². The third-order valence-corrected chi connectivity index (χ3v) is 3.06. The minimum Gasteiger partial charge on any atom is -0.383 e. The summed E-state index contributed by atoms with van der Waals surface area (Å²) in [5.41, 5.74) is 6.91. The van der Waals surface area contributed by atoms with E-state index in [0.29, 0.717) is 11.9 Å². The van der Waals surface area contributed by atoms with Gasteiger partial charge in [-0.3, -0.25) is 0 Å². The van der Waals surface area contributed by atoms with Gasteiger partial charge in [-0.15, -0.1) is 0 Å². The van der Waals surface area contributed by atoms with Gasteiger partial charge in [-0.25, -0.2) is 9.97 Å². The molecule has 1 rings (SSSR count). The van der Waals surface area contributed by atoms with Crippen molar-refractivity contribution in [1.82, 2.24) is 9.97 Å². The predicted molar refractivity (Wildman–Crippen MR) is 78.0 cm³/mol. The van der Waals surface area contributed by atoms with Gasteiger partial charge in [-0.05, 0) is 27.7 Å². The predicted octanol–water partition coefficient (Wildman–Crippen LogP) is 2.90. The van der Waals surface area contributed by atoms with Gasteiger partial charge < -0.3 is 10.6 Å². The van der Waals surface area contributed by atoms with E-state index in [0.717, 1.165) is 23.8 Å². The van der Waals surface area contributed by atoms with Gasteiger partial charge in [0.2, 0.25) is 0 Å². The van der Waals surface area contributed by atoms with E-state index in [1.807, 2.05) is 6.92 Å². The van der Waals surface area contributed by atoms with Gasteiger partial charge >= 0.3 is 0 Å². The van der Waals surface area contributed by atoms with Crippen molar-refractivity contribution in [1.29, 1.82) is 0 Å². The highest BCUT2D eigenvalue weighted by atomic mass is 15.2. The van der Waals surface area contributed by atoms with Crippen LogP contribution in [0.1, 0.15) is 52.9 Å². The molecule has 0 aliphatic carbocycles. The molecular formula is C14H26N4. The van der Waals surface area contributed by atoms with Crippen molar-refractivity contribution >= 4 is 11.6 Å².